The lowest BCUT2D eigenvalue weighted by molar-refractivity contribution is 0.362. The molecule has 108 valence electrons. The molecule has 0 heterocycles. The van der Waals surface area contributed by atoms with Gasteiger partial charge < -0.3 is 0 Å². The lowest BCUT2D eigenvalue weighted by atomic mass is 9.93. The molecule has 0 aromatic heterocycles. The Morgan fingerprint density at radius 3 is 2.55 bits per heavy atom. The van der Waals surface area contributed by atoms with Crippen molar-refractivity contribution < 1.29 is 8.78 Å². The number of hydrazine groups is 1. The molecule has 2 nitrogen and oxygen atoms in total. The first-order chi connectivity index (χ1) is 9.69. The van der Waals surface area contributed by atoms with Gasteiger partial charge in [-0.3, -0.25) is 11.3 Å². The van der Waals surface area contributed by atoms with Crippen LogP contribution in [0.15, 0.2) is 18.2 Å². The Morgan fingerprint density at radius 1 is 1.20 bits per heavy atom. The van der Waals surface area contributed by atoms with Gasteiger partial charge in [0.25, 0.3) is 0 Å². The van der Waals surface area contributed by atoms with E-state index in [1.165, 1.54) is 31.4 Å². The van der Waals surface area contributed by atoms with Crippen LogP contribution in [0, 0.1) is 41.2 Å². The first-order valence-corrected chi connectivity index (χ1v) is 7.59. The fourth-order valence-electron chi connectivity index (χ4n) is 5.17. The molecule has 3 fully saturated rings. The van der Waals surface area contributed by atoms with E-state index in [0.717, 1.165) is 29.7 Å². The molecule has 3 saturated carbocycles. The second-order valence-corrected chi connectivity index (χ2v) is 6.78. The summed E-state index contributed by atoms with van der Waals surface area (Å²) in [5.41, 5.74) is 3.30. The maximum absolute atomic E-state index is 13.8. The lowest BCUT2D eigenvalue weighted by Crippen LogP contribution is -2.40. The molecule has 2 bridgehead atoms. The average molecular weight is 278 g/mol. The standard InChI is InChI=1S/C16H20F2N2/c17-11-3-4-12(18)10(6-11)7-13(20-19)16-14-8-1-2-9(5-8)15(14)16/h3-4,6,8-9,13-16,20H,1-2,5,7,19H2. The summed E-state index contributed by atoms with van der Waals surface area (Å²) >= 11 is 0. The number of nitrogens with two attached hydrogens (primary N) is 1. The smallest absolute Gasteiger partial charge is 0.126 e. The number of halogens is 2. The number of fused-ring (bicyclic) bond motifs is 5. The van der Waals surface area contributed by atoms with Gasteiger partial charge in [-0.25, -0.2) is 8.78 Å². The van der Waals surface area contributed by atoms with Crippen LogP contribution < -0.4 is 11.3 Å². The number of hydrogen-bond acceptors (Lipinski definition) is 2. The van der Waals surface area contributed by atoms with Crippen LogP contribution >= 0.6 is 0 Å². The highest BCUT2D eigenvalue weighted by Crippen LogP contribution is 2.70. The minimum absolute atomic E-state index is 0.0738. The van der Waals surface area contributed by atoms with E-state index in [0.29, 0.717) is 17.9 Å². The minimum Gasteiger partial charge on any atom is -0.271 e. The Kier molecular flexibility index (Phi) is 2.86. The first kappa shape index (κ1) is 12.7. The minimum atomic E-state index is -0.381. The molecule has 3 aliphatic rings. The zero-order valence-electron chi connectivity index (χ0n) is 11.4. The summed E-state index contributed by atoms with van der Waals surface area (Å²) in [6.45, 7) is 0. The van der Waals surface area contributed by atoms with Gasteiger partial charge in [0.15, 0.2) is 0 Å². The summed E-state index contributed by atoms with van der Waals surface area (Å²) in [5, 5.41) is 0. The summed E-state index contributed by atoms with van der Waals surface area (Å²) in [7, 11) is 0. The molecule has 0 amide bonds. The van der Waals surface area contributed by atoms with Crippen molar-refractivity contribution in [1.82, 2.24) is 5.43 Å². The molecule has 0 spiro atoms. The average Bonchev–Trinajstić information content (AvgIpc) is 2.87. The van der Waals surface area contributed by atoms with Crippen molar-refractivity contribution in [3.8, 4) is 0 Å². The van der Waals surface area contributed by atoms with Crippen LogP contribution in [-0.2, 0) is 6.42 Å². The Labute approximate surface area is 117 Å². The van der Waals surface area contributed by atoms with Crippen LogP contribution in [0.1, 0.15) is 24.8 Å². The topological polar surface area (TPSA) is 38.0 Å². The second-order valence-electron chi connectivity index (χ2n) is 6.78. The maximum Gasteiger partial charge on any atom is 0.126 e. The third-order valence-electron chi connectivity index (χ3n) is 5.92. The summed E-state index contributed by atoms with van der Waals surface area (Å²) in [6.07, 6.45) is 4.58. The molecular weight excluding hydrogens is 258 g/mol. The van der Waals surface area contributed by atoms with E-state index in [1.807, 2.05) is 0 Å². The highest BCUT2D eigenvalue weighted by molar-refractivity contribution is 5.23. The molecule has 3 aliphatic carbocycles. The molecule has 3 N–H and O–H groups in total. The van der Waals surface area contributed by atoms with E-state index in [2.05, 4.69) is 5.43 Å². The van der Waals surface area contributed by atoms with Crippen LogP contribution in [0.2, 0.25) is 0 Å². The van der Waals surface area contributed by atoms with Gasteiger partial charge in [0.1, 0.15) is 11.6 Å². The molecule has 0 aliphatic heterocycles. The van der Waals surface area contributed by atoms with E-state index >= 15 is 0 Å². The van der Waals surface area contributed by atoms with E-state index in [1.54, 1.807) is 0 Å². The van der Waals surface area contributed by atoms with Crippen LogP contribution in [0.5, 0.6) is 0 Å². The van der Waals surface area contributed by atoms with Crippen molar-refractivity contribution >= 4 is 0 Å². The van der Waals surface area contributed by atoms with Crippen LogP contribution in [-0.4, -0.2) is 6.04 Å². The molecule has 5 atom stereocenters. The molecule has 0 saturated heterocycles. The van der Waals surface area contributed by atoms with Gasteiger partial charge in [0.05, 0.1) is 0 Å². The highest BCUT2D eigenvalue weighted by Gasteiger charge is 2.66. The second kappa shape index (κ2) is 4.50. The zero-order chi connectivity index (χ0) is 13.9. The first-order valence-electron chi connectivity index (χ1n) is 7.59. The van der Waals surface area contributed by atoms with Gasteiger partial charge in [-0.1, -0.05) is 0 Å². The van der Waals surface area contributed by atoms with E-state index in [9.17, 15) is 8.78 Å². The summed E-state index contributed by atoms with van der Waals surface area (Å²) in [4.78, 5) is 0. The molecular formula is C16H20F2N2. The quantitative estimate of drug-likeness (QED) is 0.656. The Bertz CT molecular complexity index is 517. The number of benzene rings is 1. The highest BCUT2D eigenvalue weighted by atomic mass is 19.1. The van der Waals surface area contributed by atoms with E-state index < -0.39 is 0 Å². The zero-order valence-corrected chi connectivity index (χ0v) is 11.4. The third-order valence-corrected chi connectivity index (χ3v) is 5.92. The Balaban J connectivity index is 1.51. The van der Waals surface area contributed by atoms with Gasteiger partial charge in [-0.15, -0.1) is 0 Å². The molecule has 20 heavy (non-hydrogen) atoms. The number of nitrogens with one attached hydrogen (secondary N) is 1. The van der Waals surface area contributed by atoms with Crippen LogP contribution in [0.3, 0.4) is 0 Å². The summed E-state index contributed by atoms with van der Waals surface area (Å²) in [6, 6.07) is 3.74. The van der Waals surface area contributed by atoms with Crippen molar-refractivity contribution in [2.24, 2.45) is 35.4 Å². The van der Waals surface area contributed by atoms with Crippen molar-refractivity contribution in [1.29, 1.82) is 0 Å². The predicted octanol–water partition coefficient (Wildman–Crippen LogP) is 2.63. The van der Waals surface area contributed by atoms with E-state index in [-0.39, 0.29) is 17.7 Å². The van der Waals surface area contributed by atoms with Crippen LogP contribution in [0.4, 0.5) is 8.78 Å². The van der Waals surface area contributed by atoms with Crippen molar-refractivity contribution in [2.45, 2.75) is 31.7 Å². The third kappa shape index (κ3) is 1.81. The van der Waals surface area contributed by atoms with Gasteiger partial charge in [-0.05, 0) is 79.0 Å². The molecule has 4 rings (SSSR count). The molecule has 5 unspecified atom stereocenters. The van der Waals surface area contributed by atoms with Gasteiger partial charge in [-0.2, -0.15) is 0 Å². The lowest BCUT2D eigenvalue weighted by Gasteiger charge is -2.20. The summed E-state index contributed by atoms with van der Waals surface area (Å²) in [5.74, 6) is 8.84. The number of rotatable bonds is 4. The molecule has 1 aromatic carbocycles. The Morgan fingerprint density at radius 2 is 1.90 bits per heavy atom. The van der Waals surface area contributed by atoms with Gasteiger partial charge in [0, 0.05) is 6.04 Å². The van der Waals surface area contributed by atoms with Crippen molar-refractivity contribution in [3.63, 3.8) is 0 Å². The van der Waals surface area contributed by atoms with Gasteiger partial charge in [0.2, 0.25) is 0 Å². The fourth-order valence-corrected chi connectivity index (χ4v) is 5.17. The van der Waals surface area contributed by atoms with Crippen LogP contribution in [0.25, 0.3) is 0 Å². The SMILES string of the molecule is NNC(Cc1cc(F)ccc1F)C1C2C3CCC(C3)C21. The molecule has 4 heteroatoms. The maximum atomic E-state index is 13.8. The predicted molar refractivity (Wildman–Crippen MR) is 72.5 cm³/mol. The molecule has 0 radical (unpaired) electrons. The van der Waals surface area contributed by atoms with Crippen molar-refractivity contribution in [2.75, 3.05) is 0 Å². The Hall–Kier alpha value is -1.00. The largest absolute Gasteiger partial charge is 0.271 e. The van der Waals surface area contributed by atoms with E-state index in [4.69, 9.17) is 5.84 Å². The monoisotopic (exact) mass is 278 g/mol. The molecule has 1 aromatic rings. The summed E-state index contributed by atoms with van der Waals surface area (Å²) < 4.78 is 27.0. The number of hydrogen-bond donors (Lipinski definition) is 2. The fraction of sp³-hybridized carbons (Fsp3) is 0.625. The van der Waals surface area contributed by atoms with Crippen molar-refractivity contribution in [3.05, 3.63) is 35.4 Å². The van der Waals surface area contributed by atoms with Gasteiger partial charge >= 0.3 is 0 Å². The normalized spacial score (nSPS) is 38.9.